The molecule has 0 unspecified atom stereocenters. The Morgan fingerprint density at radius 2 is 2.60 bits per heavy atom. The molecule has 52 valence electrons. The lowest BCUT2D eigenvalue weighted by atomic mass is 10.5. The molecule has 0 bridgehead atoms. The zero-order chi connectivity index (χ0) is 6.97. The molecule has 0 aromatic carbocycles. The summed E-state index contributed by atoms with van der Waals surface area (Å²) in [5, 5.41) is 0. The molecule has 0 saturated carbocycles. The van der Waals surface area contributed by atoms with Crippen LogP contribution in [0.15, 0.2) is 18.6 Å². The second-order valence-corrected chi connectivity index (χ2v) is 2.14. The number of nitrogens with one attached hydrogen (secondary N) is 1. The summed E-state index contributed by atoms with van der Waals surface area (Å²) in [6, 6.07) is 0. The van der Waals surface area contributed by atoms with Crippen molar-refractivity contribution in [1.82, 2.24) is 14.4 Å². The van der Waals surface area contributed by atoms with Crippen LogP contribution in [-0.4, -0.2) is 14.4 Å². The van der Waals surface area contributed by atoms with E-state index in [2.05, 4.69) is 9.97 Å². The Kier molecular flexibility index (Phi) is 1.01. The molecule has 0 aliphatic carbocycles. The maximum Gasteiger partial charge on any atom is 0.211 e. The molecule has 2 aromatic heterocycles. The Hall–Kier alpha value is -1.29. The van der Waals surface area contributed by atoms with Gasteiger partial charge in [-0.1, -0.05) is 0 Å². The first-order valence-electron chi connectivity index (χ1n) is 3.11. The van der Waals surface area contributed by atoms with E-state index >= 15 is 0 Å². The van der Waals surface area contributed by atoms with E-state index in [1.807, 2.05) is 16.8 Å². The molecule has 0 aliphatic heterocycles. The third-order valence-electron chi connectivity index (χ3n) is 1.46. The van der Waals surface area contributed by atoms with Crippen molar-refractivity contribution in [2.24, 2.45) is 5.73 Å². The first-order chi connectivity index (χ1) is 4.90. The number of aromatic nitrogens is 3. The van der Waals surface area contributed by atoms with Crippen molar-refractivity contribution in [3.05, 3.63) is 24.3 Å². The second-order valence-electron chi connectivity index (χ2n) is 2.14. The fourth-order valence-corrected chi connectivity index (χ4v) is 0.962. The van der Waals surface area contributed by atoms with Crippen LogP contribution in [0.5, 0.6) is 0 Å². The lowest BCUT2D eigenvalue weighted by Gasteiger charge is -1.82. The number of rotatable bonds is 1. The average molecular weight is 136 g/mol. The molecule has 2 rings (SSSR count). The molecule has 2 aromatic rings. The number of fused-ring (bicyclic) bond motifs is 1. The summed E-state index contributed by atoms with van der Waals surface area (Å²) in [6.45, 7) is 0.531. The third-order valence-corrected chi connectivity index (χ3v) is 1.46. The van der Waals surface area contributed by atoms with Gasteiger partial charge in [-0.2, -0.15) is 0 Å². The summed E-state index contributed by atoms with van der Waals surface area (Å²) in [5.41, 5.74) is 6.40. The predicted molar refractivity (Wildman–Crippen MR) is 37.4 cm³/mol. The van der Waals surface area contributed by atoms with Crippen LogP contribution in [0.25, 0.3) is 5.78 Å². The van der Waals surface area contributed by atoms with Crippen LogP contribution in [0.4, 0.5) is 0 Å². The highest BCUT2D eigenvalue weighted by Crippen LogP contribution is 2.00. The standard InChI is InChI=1S/C6H8N4/c7-3-5-4-10-2-1-8-6(10)9-5/h1-2,4H,3,7H2,(H,8,9). The van der Waals surface area contributed by atoms with Gasteiger partial charge in [0.05, 0.1) is 0 Å². The van der Waals surface area contributed by atoms with E-state index in [9.17, 15) is 0 Å². The molecule has 0 fully saturated rings. The van der Waals surface area contributed by atoms with E-state index in [-0.39, 0.29) is 0 Å². The SMILES string of the molecule is NCc1cn2ccnc2[nH]1. The van der Waals surface area contributed by atoms with Crippen LogP contribution in [0, 0.1) is 0 Å². The van der Waals surface area contributed by atoms with Crippen LogP contribution in [0.2, 0.25) is 0 Å². The fourth-order valence-electron chi connectivity index (χ4n) is 0.962. The molecule has 0 aliphatic rings. The van der Waals surface area contributed by atoms with E-state index in [1.54, 1.807) is 6.20 Å². The van der Waals surface area contributed by atoms with Crippen LogP contribution < -0.4 is 5.73 Å². The second kappa shape index (κ2) is 1.85. The van der Waals surface area contributed by atoms with Gasteiger partial charge in [0.25, 0.3) is 0 Å². The quantitative estimate of drug-likeness (QED) is 0.585. The fraction of sp³-hybridized carbons (Fsp3) is 0.167. The maximum atomic E-state index is 5.40. The van der Waals surface area contributed by atoms with E-state index in [0.29, 0.717) is 6.54 Å². The van der Waals surface area contributed by atoms with Gasteiger partial charge in [-0.15, -0.1) is 0 Å². The summed E-state index contributed by atoms with van der Waals surface area (Å²) in [5.74, 6) is 0.848. The minimum absolute atomic E-state index is 0.531. The molecule has 4 nitrogen and oxygen atoms in total. The van der Waals surface area contributed by atoms with Gasteiger partial charge in [0.15, 0.2) is 0 Å². The molecule has 3 N–H and O–H groups in total. The molecular weight excluding hydrogens is 128 g/mol. The predicted octanol–water partition coefficient (Wildman–Crippen LogP) is 0.121. The number of nitrogens with two attached hydrogens (primary N) is 1. The molecular formula is C6H8N4. The third kappa shape index (κ3) is 0.625. The van der Waals surface area contributed by atoms with Crippen LogP contribution >= 0.6 is 0 Å². The van der Waals surface area contributed by atoms with Crippen molar-refractivity contribution in [3.63, 3.8) is 0 Å². The monoisotopic (exact) mass is 136 g/mol. The molecule has 10 heavy (non-hydrogen) atoms. The Balaban J connectivity index is 2.67. The van der Waals surface area contributed by atoms with Crippen molar-refractivity contribution in [3.8, 4) is 0 Å². The molecule has 2 heterocycles. The van der Waals surface area contributed by atoms with Gasteiger partial charge in [0, 0.05) is 30.8 Å². The molecule has 0 saturated heterocycles. The van der Waals surface area contributed by atoms with Gasteiger partial charge in [-0.05, 0) is 0 Å². The molecule has 0 spiro atoms. The largest absolute Gasteiger partial charge is 0.326 e. The molecule has 0 amide bonds. The van der Waals surface area contributed by atoms with Crippen LogP contribution in [0.3, 0.4) is 0 Å². The van der Waals surface area contributed by atoms with Gasteiger partial charge >= 0.3 is 0 Å². The van der Waals surface area contributed by atoms with Crippen molar-refractivity contribution >= 4 is 5.78 Å². The van der Waals surface area contributed by atoms with Crippen LogP contribution in [0.1, 0.15) is 5.69 Å². The van der Waals surface area contributed by atoms with Crippen molar-refractivity contribution in [2.45, 2.75) is 6.54 Å². The molecule has 0 radical (unpaired) electrons. The van der Waals surface area contributed by atoms with Crippen molar-refractivity contribution < 1.29 is 0 Å². The van der Waals surface area contributed by atoms with Gasteiger partial charge in [0.1, 0.15) is 0 Å². The molecule has 4 heteroatoms. The summed E-state index contributed by atoms with van der Waals surface area (Å²) in [7, 11) is 0. The number of H-pyrrole nitrogens is 1. The highest BCUT2D eigenvalue weighted by atomic mass is 15.1. The summed E-state index contributed by atoms with van der Waals surface area (Å²) < 4.78 is 1.90. The van der Waals surface area contributed by atoms with E-state index in [1.165, 1.54) is 0 Å². The number of hydrogen-bond donors (Lipinski definition) is 2. The topological polar surface area (TPSA) is 59.1 Å². The minimum Gasteiger partial charge on any atom is -0.326 e. The number of nitrogens with zero attached hydrogens (tertiary/aromatic N) is 2. The van der Waals surface area contributed by atoms with Crippen molar-refractivity contribution in [2.75, 3.05) is 0 Å². The zero-order valence-corrected chi connectivity index (χ0v) is 5.41. The maximum absolute atomic E-state index is 5.40. The van der Waals surface area contributed by atoms with Crippen molar-refractivity contribution in [1.29, 1.82) is 0 Å². The van der Waals surface area contributed by atoms with E-state index < -0.39 is 0 Å². The first-order valence-corrected chi connectivity index (χ1v) is 3.11. The summed E-state index contributed by atoms with van der Waals surface area (Å²) in [6.07, 6.45) is 5.56. The average Bonchev–Trinajstić information content (AvgIpc) is 2.42. The number of aromatic amines is 1. The van der Waals surface area contributed by atoms with Gasteiger partial charge in [0.2, 0.25) is 5.78 Å². The van der Waals surface area contributed by atoms with Gasteiger partial charge in [-0.25, -0.2) is 4.98 Å². The molecule has 0 atom stereocenters. The Labute approximate surface area is 57.7 Å². The summed E-state index contributed by atoms with van der Waals surface area (Å²) in [4.78, 5) is 7.09. The number of hydrogen-bond acceptors (Lipinski definition) is 2. The lowest BCUT2D eigenvalue weighted by Crippen LogP contribution is -1.95. The Morgan fingerprint density at radius 1 is 1.70 bits per heavy atom. The Morgan fingerprint density at radius 3 is 3.30 bits per heavy atom. The summed E-state index contributed by atoms with van der Waals surface area (Å²) >= 11 is 0. The van der Waals surface area contributed by atoms with E-state index in [0.717, 1.165) is 11.5 Å². The van der Waals surface area contributed by atoms with Gasteiger partial charge in [-0.3, -0.25) is 4.40 Å². The highest BCUT2D eigenvalue weighted by Gasteiger charge is 1.96. The Bertz CT molecular complexity index is 303. The minimum atomic E-state index is 0.531. The number of imidazole rings is 2. The smallest absolute Gasteiger partial charge is 0.211 e. The van der Waals surface area contributed by atoms with E-state index in [4.69, 9.17) is 5.73 Å². The lowest BCUT2D eigenvalue weighted by molar-refractivity contribution is 1.01. The highest BCUT2D eigenvalue weighted by molar-refractivity contribution is 5.30. The first kappa shape index (κ1) is 5.49. The zero-order valence-electron chi connectivity index (χ0n) is 5.41. The van der Waals surface area contributed by atoms with Gasteiger partial charge < -0.3 is 10.7 Å². The normalized spacial score (nSPS) is 10.9. The van der Waals surface area contributed by atoms with Crippen LogP contribution in [-0.2, 0) is 6.54 Å².